The van der Waals surface area contributed by atoms with Crippen LogP contribution < -0.4 is 5.32 Å². The minimum absolute atomic E-state index is 0.251. The summed E-state index contributed by atoms with van der Waals surface area (Å²) >= 11 is 0. The molecule has 0 saturated carbocycles. The van der Waals surface area contributed by atoms with Crippen molar-refractivity contribution in [3.63, 3.8) is 0 Å². The van der Waals surface area contributed by atoms with Crippen molar-refractivity contribution in [1.29, 1.82) is 0 Å². The maximum atomic E-state index is 13.6. The first-order valence-corrected chi connectivity index (χ1v) is 50.4. The van der Waals surface area contributed by atoms with Gasteiger partial charge in [0.1, 0.15) is 73.2 Å². The molecule has 3 rings (SSSR count). The van der Waals surface area contributed by atoms with Gasteiger partial charge in [0.25, 0.3) is 0 Å². The number of allylic oxidation sites excluding steroid dienone is 1. The summed E-state index contributed by atoms with van der Waals surface area (Å²) < 4.78 is 34.6. The lowest BCUT2D eigenvalue weighted by molar-refractivity contribution is -0.379. The molecule has 3 aliphatic rings. The molecule has 0 spiro atoms. The Morgan fingerprint density at radius 3 is 0.803 bits per heavy atom. The molecule has 3 heterocycles. The quantitative estimate of drug-likeness (QED) is 0.0199. The largest absolute Gasteiger partial charge is 0.394 e. The molecule has 0 aromatic heterocycles. The van der Waals surface area contributed by atoms with Gasteiger partial charge in [-0.3, -0.25) is 4.79 Å². The van der Waals surface area contributed by atoms with E-state index in [9.17, 15) is 61.0 Å². The van der Waals surface area contributed by atoms with Crippen LogP contribution in [0.25, 0.3) is 0 Å². The molecular formula is C98H189NO18. The van der Waals surface area contributed by atoms with Crippen LogP contribution in [0, 0.1) is 0 Å². The monoisotopic (exact) mass is 1670 g/mol. The van der Waals surface area contributed by atoms with Crippen molar-refractivity contribution in [3.05, 3.63) is 12.2 Å². The fraction of sp³-hybridized carbons (Fsp3) is 0.969. The maximum absolute atomic E-state index is 13.6. The highest BCUT2D eigenvalue weighted by Gasteiger charge is 2.54. The van der Waals surface area contributed by atoms with Crippen LogP contribution >= 0.6 is 0 Å². The highest BCUT2D eigenvalue weighted by molar-refractivity contribution is 5.76. The lowest BCUT2D eigenvalue weighted by atomic mass is 9.96. The Kier molecular flexibility index (Phi) is 73.2. The van der Waals surface area contributed by atoms with Gasteiger partial charge in [-0.2, -0.15) is 0 Å². The third-order valence-corrected chi connectivity index (χ3v) is 25.6. The smallest absolute Gasteiger partial charge is 0.220 e. The first-order chi connectivity index (χ1) is 57.3. The number of carbonyl (C=O) groups excluding carboxylic acids is 1. The minimum atomic E-state index is -1.98. The van der Waals surface area contributed by atoms with Gasteiger partial charge in [-0.25, -0.2) is 0 Å². The lowest BCUT2D eigenvalue weighted by Gasteiger charge is -2.48. The summed E-state index contributed by atoms with van der Waals surface area (Å²) in [4.78, 5) is 13.6. The van der Waals surface area contributed by atoms with Crippen LogP contribution in [-0.4, -0.2) is 193 Å². The van der Waals surface area contributed by atoms with Crippen molar-refractivity contribution in [2.45, 2.75) is 580 Å². The van der Waals surface area contributed by atoms with Gasteiger partial charge in [0.15, 0.2) is 18.9 Å². The summed E-state index contributed by atoms with van der Waals surface area (Å²) in [7, 11) is 0. The Hall–Kier alpha value is -1.47. The van der Waals surface area contributed by atoms with E-state index in [4.69, 9.17) is 28.4 Å². The molecule has 694 valence electrons. The van der Waals surface area contributed by atoms with Crippen molar-refractivity contribution in [2.75, 3.05) is 26.4 Å². The van der Waals surface area contributed by atoms with E-state index in [1.165, 1.54) is 405 Å². The Morgan fingerprint density at radius 2 is 0.530 bits per heavy atom. The summed E-state index contributed by atoms with van der Waals surface area (Å²) in [6, 6.07) is -0.972. The summed E-state index contributed by atoms with van der Waals surface area (Å²) in [6.07, 6.45) is 72.7. The van der Waals surface area contributed by atoms with Crippen LogP contribution in [0.3, 0.4) is 0 Å². The summed E-state index contributed by atoms with van der Waals surface area (Å²) in [5, 5.41) is 121. The zero-order chi connectivity index (χ0) is 84.5. The predicted octanol–water partition coefficient (Wildman–Crippen LogP) is 21.0. The normalized spacial score (nSPS) is 24.3. The van der Waals surface area contributed by atoms with Crippen LogP contribution in [0.2, 0.25) is 0 Å². The Labute approximate surface area is 716 Å². The molecule has 3 aliphatic heterocycles. The fourth-order valence-corrected chi connectivity index (χ4v) is 17.6. The fourth-order valence-electron chi connectivity index (χ4n) is 17.6. The molecule has 117 heavy (non-hydrogen) atoms. The van der Waals surface area contributed by atoms with Gasteiger partial charge in [-0.15, -0.1) is 0 Å². The Morgan fingerprint density at radius 1 is 0.299 bits per heavy atom. The van der Waals surface area contributed by atoms with Crippen molar-refractivity contribution in [1.82, 2.24) is 5.32 Å². The number of hydrogen-bond acceptors (Lipinski definition) is 18. The van der Waals surface area contributed by atoms with Gasteiger partial charge < -0.3 is 89.9 Å². The molecule has 12 N–H and O–H groups in total. The summed E-state index contributed by atoms with van der Waals surface area (Å²) in [5.41, 5.74) is 0. The van der Waals surface area contributed by atoms with Crippen LogP contribution in [-0.2, 0) is 33.2 Å². The first kappa shape index (κ1) is 110. The molecule has 3 fully saturated rings. The molecule has 19 nitrogen and oxygen atoms in total. The number of carbonyl (C=O) groups is 1. The average molecular weight is 1670 g/mol. The number of unbranched alkanes of at least 4 members (excludes halogenated alkanes) is 69. The van der Waals surface area contributed by atoms with Crippen LogP contribution in [0.1, 0.15) is 476 Å². The molecule has 0 bridgehead atoms. The van der Waals surface area contributed by atoms with Crippen LogP contribution in [0.15, 0.2) is 12.2 Å². The number of nitrogens with one attached hydrogen (secondary N) is 1. The number of ether oxygens (including phenoxy) is 6. The van der Waals surface area contributed by atoms with E-state index in [-0.39, 0.29) is 18.9 Å². The Bertz CT molecular complexity index is 2150. The molecule has 0 aromatic carbocycles. The third kappa shape index (κ3) is 55.6. The van der Waals surface area contributed by atoms with E-state index in [1.54, 1.807) is 6.08 Å². The van der Waals surface area contributed by atoms with E-state index in [0.717, 1.165) is 44.9 Å². The number of rotatable bonds is 85. The highest BCUT2D eigenvalue weighted by atomic mass is 16.8. The molecule has 3 saturated heterocycles. The van der Waals surface area contributed by atoms with Gasteiger partial charge in [0.2, 0.25) is 5.91 Å². The molecule has 1 amide bonds. The van der Waals surface area contributed by atoms with Gasteiger partial charge in [0, 0.05) is 6.42 Å². The van der Waals surface area contributed by atoms with E-state index in [0.29, 0.717) is 6.42 Å². The molecule has 0 aliphatic carbocycles. The van der Waals surface area contributed by atoms with Crippen LogP contribution in [0.5, 0.6) is 0 Å². The van der Waals surface area contributed by atoms with Gasteiger partial charge in [-0.05, 0) is 19.3 Å². The second kappa shape index (κ2) is 78.0. The number of hydrogen-bond donors (Lipinski definition) is 12. The highest BCUT2D eigenvalue weighted by Crippen LogP contribution is 2.34. The molecule has 17 unspecified atom stereocenters. The number of aliphatic hydroxyl groups excluding tert-OH is 11. The average Bonchev–Trinajstić information content (AvgIpc) is 0.777. The lowest BCUT2D eigenvalue weighted by Crippen LogP contribution is -2.66. The van der Waals surface area contributed by atoms with Gasteiger partial charge in [-0.1, -0.05) is 463 Å². The van der Waals surface area contributed by atoms with E-state index >= 15 is 0 Å². The summed E-state index contributed by atoms with van der Waals surface area (Å²) in [6.45, 7) is 1.83. The number of aliphatic hydroxyl groups is 11. The topological polar surface area (TPSA) is 307 Å². The van der Waals surface area contributed by atoms with Crippen LogP contribution in [0.4, 0.5) is 0 Å². The standard InChI is InChI=1S/C98H189NO18/c1-3-5-7-9-11-13-15-17-19-21-23-25-27-29-31-33-35-37-38-39-40-41-42-43-44-46-48-50-52-54-56-58-60-62-64-66-68-70-72-74-76-86(104)99-81(82(103)75-73-71-69-67-65-63-61-59-57-55-53-51-49-47-45-36-34-32-30-28-26-24-22-20-18-16-14-12-10-8-6-4-2)80-112-96-92(110)89(107)94(84(78-101)114-96)117-98-93(111)90(108)95(85(79-102)115-98)116-97-91(109)88(106)87(105)83(77-100)113-97/h73,75,81-85,87-98,100-103,105-111H,3-72,74,76-80H2,1-2H3,(H,99,104)/b75-73+. The molecule has 17 atom stereocenters. The van der Waals surface area contributed by atoms with Gasteiger partial charge >= 0.3 is 0 Å². The molecular weight excluding hydrogens is 1480 g/mol. The molecule has 19 heteroatoms. The zero-order valence-corrected chi connectivity index (χ0v) is 75.5. The summed E-state index contributed by atoms with van der Waals surface area (Å²) in [5.74, 6) is -0.263. The zero-order valence-electron chi connectivity index (χ0n) is 75.5. The SMILES string of the molecule is CCCCCCCCCCCCCCCCCCCCCCCCCCCCCCCC/C=C/C(O)C(COC1OC(CO)C(OC2OC(CO)C(OC3OC(CO)C(O)C(O)C3O)C(O)C2O)C(O)C1O)NC(=O)CCCCCCCCCCCCCCCCCCCCCCCCCCCCCCCCCCCCCCCCCC. The Balaban J connectivity index is 1.27. The van der Waals surface area contributed by atoms with E-state index < -0.39 is 124 Å². The van der Waals surface area contributed by atoms with Crippen molar-refractivity contribution in [3.8, 4) is 0 Å². The molecule has 0 radical (unpaired) electrons. The third-order valence-electron chi connectivity index (χ3n) is 25.6. The number of amides is 1. The van der Waals surface area contributed by atoms with Crippen molar-refractivity contribution >= 4 is 5.91 Å². The second-order valence-electron chi connectivity index (χ2n) is 36.3. The van der Waals surface area contributed by atoms with E-state index in [1.807, 2.05) is 6.08 Å². The minimum Gasteiger partial charge on any atom is -0.394 e. The first-order valence-electron chi connectivity index (χ1n) is 50.4. The van der Waals surface area contributed by atoms with Crippen molar-refractivity contribution in [2.24, 2.45) is 0 Å². The van der Waals surface area contributed by atoms with Gasteiger partial charge in [0.05, 0.1) is 38.6 Å². The predicted molar refractivity (Wildman–Crippen MR) is 476 cm³/mol. The van der Waals surface area contributed by atoms with E-state index in [2.05, 4.69) is 19.2 Å². The second-order valence-corrected chi connectivity index (χ2v) is 36.3. The molecule has 0 aromatic rings. The maximum Gasteiger partial charge on any atom is 0.220 e. The van der Waals surface area contributed by atoms with Crippen molar-refractivity contribution < 1.29 is 89.4 Å².